The molecule has 17 heavy (non-hydrogen) atoms. The lowest BCUT2D eigenvalue weighted by atomic mass is 9.82. The third-order valence-corrected chi connectivity index (χ3v) is 4.35. The van der Waals surface area contributed by atoms with Crippen LogP contribution in [0.2, 0.25) is 0 Å². The molecule has 2 nitrogen and oxygen atoms in total. The molecule has 94 valence electrons. The van der Waals surface area contributed by atoms with Gasteiger partial charge in [0.05, 0.1) is 0 Å². The number of nitrogens with two attached hydrogens (primary N) is 1. The van der Waals surface area contributed by atoms with E-state index in [1.54, 1.807) is 0 Å². The summed E-state index contributed by atoms with van der Waals surface area (Å²) in [5.41, 5.74) is 7.39. The second kappa shape index (κ2) is 5.98. The van der Waals surface area contributed by atoms with E-state index in [0.29, 0.717) is 11.8 Å². The Kier molecular flexibility index (Phi) is 4.60. The molecule has 0 saturated carbocycles. The molecule has 1 aliphatic rings. The van der Waals surface area contributed by atoms with Crippen molar-refractivity contribution in [3.05, 3.63) is 34.3 Å². The standard InChI is InChI=1S/C14H21BrN2/c1-17-7-5-12(10-16)14(6-8-17)11-3-2-4-13(15)9-11/h2-4,9,12,14H,5-8,10,16H2,1H3. The minimum Gasteiger partial charge on any atom is -0.330 e. The zero-order valence-corrected chi connectivity index (χ0v) is 12.0. The van der Waals surface area contributed by atoms with Gasteiger partial charge in [0, 0.05) is 4.47 Å². The fourth-order valence-corrected chi connectivity index (χ4v) is 3.17. The molecule has 1 aromatic rings. The molecule has 0 aromatic heterocycles. The predicted octanol–water partition coefficient (Wildman–Crippen LogP) is 2.83. The summed E-state index contributed by atoms with van der Waals surface area (Å²) in [5.74, 6) is 1.23. The molecule has 1 aromatic carbocycles. The van der Waals surface area contributed by atoms with Gasteiger partial charge in [0.15, 0.2) is 0 Å². The van der Waals surface area contributed by atoms with Crippen molar-refractivity contribution in [1.82, 2.24) is 4.90 Å². The first-order valence-corrected chi connectivity index (χ1v) is 7.14. The maximum absolute atomic E-state index is 5.95. The minimum absolute atomic E-state index is 0.613. The van der Waals surface area contributed by atoms with Gasteiger partial charge in [0.25, 0.3) is 0 Å². The second-order valence-corrected chi connectivity index (χ2v) is 5.95. The normalized spacial score (nSPS) is 26.8. The molecule has 1 fully saturated rings. The Morgan fingerprint density at radius 2 is 2.12 bits per heavy atom. The summed E-state index contributed by atoms with van der Waals surface area (Å²) in [6.07, 6.45) is 2.43. The quantitative estimate of drug-likeness (QED) is 0.909. The van der Waals surface area contributed by atoms with E-state index >= 15 is 0 Å². The van der Waals surface area contributed by atoms with E-state index in [9.17, 15) is 0 Å². The maximum Gasteiger partial charge on any atom is 0.0178 e. The van der Waals surface area contributed by atoms with Crippen molar-refractivity contribution in [3.63, 3.8) is 0 Å². The molecular weight excluding hydrogens is 276 g/mol. The van der Waals surface area contributed by atoms with Crippen LogP contribution in [0.3, 0.4) is 0 Å². The number of nitrogens with zero attached hydrogens (tertiary/aromatic N) is 1. The van der Waals surface area contributed by atoms with Crippen LogP contribution in [0.4, 0.5) is 0 Å². The molecule has 2 N–H and O–H groups in total. The summed E-state index contributed by atoms with van der Waals surface area (Å²) in [6.45, 7) is 3.14. The van der Waals surface area contributed by atoms with Gasteiger partial charge in [0.2, 0.25) is 0 Å². The fourth-order valence-electron chi connectivity index (χ4n) is 2.75. The van der Waals surface area contributed by atoms with Gasteiger partial charge in [0.1, 0.15) is 0 Å². The van der Waals surface area contributed by atoms with Gasteiger partial charge in [-0.05, 0) is 69.1 Å². The fraction of sp³-hybridized carbons (Fsp3) is 0.571. The Balaban J connectivity index is 2.21. The van der Waals surface area contributed by atoms with Crippen molar-refractivity contribution in [2.75, 3.05) is 26.7 Å². The van der Waals surface area contributed by atoms with Crippen LogP contribution in [0.1, 0.15) is 24.3 Å². The van der Waals surface area contributed by atoms with E-state index in [1.807, 2.05) is 0 Å². The molecule has 2 atom stereocenters. The highest BCUT2D eigenvalue weighted by atomic mass is 79.9. The van der Waals surface area contributed by atoms with Gasteiger partial charge in [-0.15, -0.1) is 0 Å². The predicted molar refractivity (Wildman–Crippen MR) is 76.2 cm³/mol. The molecule has 1 heterocycles. The van der Waals surface area contributed by atoms with Crippen LogP contribution in [0.25, 0.3) is 0 Å². The molecule has 0 amide bonds. The van der Waals surface area contributed by atoms with Crippen molar-refractivity contribution in [1.29, 1.82) is 0 Å². The second-order valence-electron chi connectivity index (χ2n) is 5.04. The van der Waals surface area contributed by atoms with Crippen LogP contribution in [0.5, 0.6) is 0 Å². The summed E-state index contributed by atoms with van der Waals surface area (Å²) in [6, 6.07) is 8.70. The molecule has 0 bridgehead atoms. The van der Waals surface area contributed by atoms with Gasteiger partial charge in [-0.25, -0.2) is 0 Å². The molecule has 2 unspecified atom stereocenters. The molecular formula is C14H21BrN2. The lowest BCUT2D eigenvalue weighted by Gasteiger charge is -2.24. The smallest absolute Gasteiger partial charge is 0.0178 e. The van der Waals surface area contributed by atoms with Gasteiger partial charge in [-0.1, -0.05) is 28.1 Å². The van der Waals surface area contributed by atoms with Gasteiger partial charge in [-0.2, -0.15) is 0 Å². The Morgan fingerprint density at radius 3 is 2.82 bits per heavy atom. The Morgan fingerprint density at radius 1 is 1.35 bits per heavy atom. The summed E-state index contributed by atoms with van der Waals surface area (Å²) >= 11 is 3.56. The summed E-state index contributed by atoms with van der Waals surface area (Å²) in [5, 5.41) is 0. The number of benzene rings is 1. The molecule has 0 aliphatic carbocycles. The van der Waals surface area contributed by atoms with Crippen LogP contribution in [-0.2, 0) is 0 Å². The average Bonchev–Trinajstić information content (AvgIpc) is 2.51. The van der Waals surface area contributed by atoms with Crippen LogP contribution >= 0.6 is 15.9 Å². The lowest BCUT2D eigenvalue weighted by Crippen LogP contribution is -2.22. The van der Waals surface area contributed by atoms with Crippen molar-refractivity contribution >= 4 is 15.9 Å². The monoisotopic (exact) mass is 296 g/mol. The van der Waals surface area contributed by atoms with Crippen molar-refractivity contribution < 1.29 is 0 Å². The third-order valence-electron chi connectivity index (χ3n) is 3.85. The largest absolute Gasteiger partial charge is 0.330 e. The Bertz CT molecular complexity index is 367. The number of rotatable bonds is 2. The molecule has 0 radical (unpaired) electrons. The Labute approximate surface area is 112 Å². The zero-order chi connectivity index (χ0) is 12.3. The van der Waals surface area contributed by atoms with Gasteiger partial charge >= 0.3 is 0 Å². The number of likely N-dealkylation sites (tertiary alicyclic amines) is 1. The van der Waals surface area contributed by atoms with E-state index in [-0.39, 0.29) is 0 Å². The van der Waals surface area contributed by atoms with Crippen molar-refractivity contribution in [3.8, 4) is 0 Å². The summed E-state index contributed by atoms with van der Waals surface area (Å²) < 4.78 is 1.17. The molecule has 3 heteroatoms. The first kappa shape index (κ1) is 13.1. The lowest BCUT2D eigenvalue weighted by molar-refractivity contribution is 0.342. The summed E-state index contributed by atoms with van der Waals surface area (Å²) in [7, 11) is 2.21. The van der Waals surface area contributed by atoms with Gasteiger partial charge < -0.3 is 10.6 Å². The van der Waals surface area contributed by atoms with Crippen LogP contribution in [0, 0.1) is 5.92 Å². The number of halogens is 1. The first-order chi connectivity index (χ1) is 8.20. The maximum atomic E-state index is 5.95. The van der Waals surface area contributed by atoms with Crippen LogP contribution in [-0.4, -0.2) is 31.6 Å². The first-order valence-electron chi connectivity index (χ1n) is 6.35. The summed E-state index contributed by atoms with van der Waals surface area (Å²) in [4.78, 5) is 2.42. The van der Waals surface area contributed by atoms with E-state index in [1.165, 1.54) is 36.0 Å². The number of hydrogen-bond donors (Lipinski definition) is 1. The number of hydrogen-bond acceptors (Lipinski definition) is 2. The topological polar surface area (TPSA) is 29.3 Å². The Hall–Kier alpha value is -0.380. The van der Waals surface area contributed by atoms with Crippen LogP contribution in [0.15, 0.2) is 28.7 Å². The van der Waals surface area contributed by atoms with E-state index in [4.69, 9.17) is 5.73 Å². The van der Waals surface area contributed by atoms with Crippen molar-refractivity contribution in [2.24, 2.45) is 11.7 Å². The zero-order valence-electron chi connectivity index (χ0n) is 10.4. The highest BCUT2D eigenvalue weighted by molar-refractivity contribution is 9.10. The molecule has 1 aliphatic heterocycles. The van der Waals surface area contributed by atoms with E-state index in [0.717, 1.165) is 6.54 Å². The van der Waals surface area contributed by atoms with E-state index in [2.05, 4.69) is 52.1 Å². The SMILES string of the molecule is CN1CCC(CN)C(c2cccc(Br)c2)CC1. The molecule has 0 spiro atoms. The van der Waals surface area contributed by atoms with E-state index < -0.39 is 0 Å². The van der Waals surface area contributed by atoms with Crippen LogP contribution < -0.4 is 5.73 Å². The molecule has 1 saturated heterocycles. The highest BCUT2D eigenvalue weighted by Gasteiger charge is 2.25. The van der Waals surface area contributed by atoms with Crippen molar-refractivity contribution in [2.45, 2.75) is 18.8 Å². The third kappa shape index (κ3) is 3.30. The average molecular weight is 297 g/mol. The van der Waals surface area contributed by atoms with Gasteiger partial charge in [-0.3, -0.25) is 0 Å². The minimum atomic E-state index is 0.613. The highest BCUT2D eigenvalue weighted by Crippen LogP contribution is 2.33. The molecule has 2 rings (SSSR count).